The van der Waals surface area contributed by atoms with Crippen LogP contribution in [0.5, 0.6) is 0 Å². The van der Waals surface area contributed by atoms with Gasteiger partial charge in [-0.25, -0.2) is 0 Å². The van der Waals surface area contributed by atoms with Gasteiger partial charge in [0, 0.05) is 6.54 Å². The molecule has 0 aromatic heterocycles. The molecule has 1 fully saturated rings. The van der Waals surface area contributed by atoms with Gasteiger partial charge in [-0.2, -0.15) is 0 Å². The number of carboxylic acids is 1. The number of carbonyl (C=O) groups excluding carboxylic acids is 1. The summed E-state index contributed by atoms with van der Waals surface area (Å²) in [7, 11) is 0. The highest BCUT2D eigenvalue weighted by molar-refractivity contribution is 5.83. The maximum absolute atomic E-state index is 12.1. The van der Waals surface area contributed by atoms with Gasteiger partial charge < -0.3 is 10.0 Å². The predicted octanol–water partition coefficient (Wildman–Crippen LogP) is 1.55. The third kappa shape index (κ3) is 3.87. The number of hydrogen-bond donors (Lipinski definition) is 1. The van der Waals surface area contributed by atoms with Crippen molar-refractivity contribution >= 4 is 11.9 Å². The second-order valence-electron chi connectivity index (χ2n) is 4.77. The van der Waals surface area contributed by atoms with E-state index in [0.717, 1.165) is 18.4 Å². The lowest BCUT2D eigenvalue weighted by atomic mass is 10.1. The Morgan fingerprint density at radius 3 is 2.44 bits per heavy atom. The van der Waals surface area contributed by atoms with E-state index in [9.17, 15) is 9.59 Å². The van der Waals surface area contributed by atoms with Crippen LogP contribution in [0, 0.1) is 5.92 Å². The van der Waals surface area contributed by atoms with Crippen LogP contribution in [-0.2, 0) is 16.0 Å². The lowest BCUT2D eigenvalue weighted by molar-refractivity contribution is -0.144. The van der Waals surface area contributed by atoms with Crippen molar-refractivity contribution in [2.75, 3.05) is 13.1 Å². The summed E-state index contributed by atoms with van der Waals surface area (Å²) >= 11 is 0. The molecular formula is C14H17NO3. The Balaban J connectivity index is 1.95. The van der Waals surface area contributed by atoms with Gasteiger partial charge in [-0.3, -0.25) is 9.59 Å². The first kappa shape index (κ1) is 12.6. The fraction of sp³-hybridized carbons (Fsp3) is 0.429. The van der Waals surface area contributed by atoms with Crippen molar-refractivity contribution in [2.45, 2.75) is 19.3 Å². The van der Waals surface area contributed by atoms with E-state index in [1.165, 1.54) is 4.90 Å². The molecule has 0 heterocycles. The Hall–Kier alpha value is -1.84. The van der Waals surface area contributed by atoms with Crippen LogP contribution < -0.4 is 0 Å². The zero-order valence-electron chi connectivity index (χ0n) is 10.2. The summed E-state index contributed by atoms with van der Waals surface area (Å²) in [6.45, 7) is 0.389. The summed E-state index contributed by atoms with van der Waals surface area (Å²) in [4.78, 5) is 24.3. The van der Waals surface area contributed by atoms with Gasteiger partial charge >= 0.3 is 5.97 Å². The van der Waals surface area contributed by atoms with Gasteiger partial charge in [0.25, 0.3) is 0 Å². The molecule has 2 rings (SSSR count). The van der Waals surface area contributed by atoms with Crippen molar-refractivity contribution in [1.82, 2.24) is 4.90 Å². The largest absolute Gasteiger partial charge is 0.480 e. The Morgan fingerprint density at radius 2 is 1.89 bits per heavy atom. The van der Waals surface area contributed by atoms with Gasteiger partial charge in [-0.05, 0) is 24.3 Å². The molecule has 1 amide bonds. The first-order chi connectivity index (χ1) is 8.65. The minimum Gasteiger partial charge on any atom is -0.480 e. The molecule has 0 radical (unpaired) electrons. The molecule has 0 bridgehead atoms. The van der Waals surface area contributed by atoms with Gasteiger partial charge in [0.15, 0.2) is 0 Å². The molecular weight excluding hydrogens is 230 g/mol. The minimum atomic E-state index is -0.947. The van der Waals surface area contributed by atoms with Crippen LogP contribution in [0.15, 0.2) is 30.3 Å². The van der Waals surface area contributed by atoms with Gasteiger partial charge in [-0.15, -0.1) is 0 Å². The topological polar surface area (TPSA) is 57.6 Å². The zero-order valence-corrected chi connectivity index (χ0v) is 10.2. The Morgan fingerprint density at radius 1 is 1.22 bits per heavy atom. The van der Waals surface area contributed by atoms with Crippen molar-refractivity contribution in [2.24, 2.45) is 5.92 Å². The van der Waals surface area contributed by atoms with E-state index in [-0.39, 0.29) is 18.9 Å². The number of benzene rings is 1. The molecule has 0 spiro atoms. The quantitative estimate of drug-likeness (QED) is 0.829. The van der Waals surface area contributed by atoms with Crippen LogP contribution in [0.3, 0.4) is 0 Å². The Bertz CT molecular complexity index is 426. The van der Waals surface area contributed by atoms with Crippen LogP contribution >= 0.6 is 0 Å². The smallest absolute Gasteiger partial charge is 0.323 e. The highest BCUT2D eigenvalue weighted by atomic mass is 16.4. The van der Waals surface area contributed by atoms with Crippen molar-refractivity contribution in [3.63, 3.8) is 0 Å². The molecule has 0 unspecified atom stereocenters. The van der Waals surface area contributed by atoms with Gasteiger partial charge in [0.05, 0.1) is 6.42 Å². The Kier molecular flexibility index (Phi) is 3.97. The molecule has 1 saturated carbocycles. The summed E-state index contributed by atoms with van der Waals surface area (Å²) in [5.41, 5.74) is 0.925. The molecule has 4 heteroatoms. The number of hydrogen-bond acceptors (Lipinski definition) is 2. The summed E-state index contributed by atoms with van der Waals surface area (Å²) in [5.74, 6) is -0.545. The fourth-order valence-electron chi connectivity index (χ4n) is 1.91. The second-order valence-corrected chi connectivity index (χ2v) is 4.77. The number of aliphatic carboxylic acids is 1. The van der Waals surface area contributed by atoms with E-state index in [1.54, 1.807) is 0 Å². The molecule has 1 aromatic carbocycles. The molecule has 1 aromatic rings. The van der Waals surface area contributed by atoms with Crippen LogP contribution in [0.1, 0.15) is 18.4 Å². The standard InChI is InChI=1S/C14H17NO3/c16-13(8-11-4-2-1-3-5-11)15(10-14(17)18)9-12-6-7-12/h1-5,12H,6-10H2,(H,17,18). The summed E-state index contributed by atoms with van der Waals surface area (Å²) in [6, 6.07) is 9.42. The number of carbonyl (C=O) groups is 2. The van der Waals surface area contributed by atoms with Gasteiger partial charge in [-0.1, -0.05) is 30.3 Å². The van der Waals surface area contributed by atoms with Crippen molar-refractivity contribution in [1.29, 1.82) is 0 Å². The van der Waals surface area contributed by atoms with Crippen molar-refractivity contribution in [3.05, 3.63) is 35.9 Å². The molecule has 0 atom stereocenters. The number of carboxylic acid groups (broad SMARTS) is 1. The van der Waals surface area contributed by atoms with Crippen LogP contribution in [-0.4, -0.2) is 35.0 Å². The number of nitrogens with zero attached hydrogens (tertiary/aromatic N) is 1. The third-order valence-corrected chi connectivity index (χ3v) is 3.05. The molecule has 0 saturated heterocycles. The fourth-order valence-corrected chi connectivity index (χ4v) is 1.91. The molecule has 96 valence electrons. The molecule has 1 aliphatic carbocycles. The van der Waals surface area contributed by atoms with Crippen LogP contribution in [0.25, 0.3) is 0 Å². The Labute approximate surface area is 106 Å². The monoisotopic (exact) mass is 247 g/mol. The molecule has 1 aliphatic rings. The lowest BCUT2D eigenvalue weighted by Gasteiger charge is -2.20. The van der Waals surface area contributed by atoms with E-state index >= 15 is 0 Å². The molecule has 4 nitrogen and oxygen atoms in total. The predicted molar refractivity (Wildman–Crippen MR) is 67.1 cm³/mol. The molecule has 0 aliphatic heterocycles. The maximum Gasteiger partial charge on any atom is 0.323 e. The van der Waals surface area contributed by atoms with E-state index in [0.29, 0.717) is 12.5 Å². The van der Waals surface area contributed by atoms with E-state index < -0.39 is 5.97 Å². The number of rotatable bonds is 6. The average molecular weight is 247 g/mol. The van der Waals surface area contributed by atoms with E-state index in [4.69, 9.17) is 5.11 Å². The van der Waals surface area contributed by atoms with Crippen LogP contribution in [0.2, 0.25) is 0 Å². The van der Waals surface area contributed by atoms with Gasteiger partial charge in [0.1, 0.15) is 6.54 Å². The normalized spacial score (nSPS) is 14.2. The maximum atomic E-state index is 12.1. The van der Waals surface area contributed by atoms with Crippen molar-refractivity contribution < 1.29 is 14.7 Å². The zero-order chi connectivity index (χ0) is 13.0. The summed E-state index contributed by atoms with van der Waals surface area (Å²) in [6.07, 6.45) is 2.49. The summed E-state index contributed by atoms with van der Waals surface area (Å²) < 4.78 is 0. The first-order valence-electron chi connectivity index (χ1n) is 6.18. The second kappa shape index (κ2) is 5.67. The SMILES string of the molecule is O=C(O)CN(CC1CC1)C(=O)Cc1ccccc1. The number of amides is 1. The third-order valence-electron chi connectivity index (χ3n) is 3.05. The average Bonchev–Trinajstić information content (AvgIpc) is 3.13. The molecule has 1 N–H and O–H groups in total. The summed E-state index contributed by atoms with van der Waals surface area (Å²) in [5, 5.41) is 8.84. The highest BCUT2D eigenvalue weighted by Crippen LogP contribution is 2.29. The highest BCUT2D eigenvalue weighted by Gasteiger charge is 2.27. The van der Waals surface area contributed by atoms with E-state index in [2.05, 4.69) is 0 Å². The van der Waals surface area contributed by atoms with Gasteiger partial charge in [0.2, 0.25) is 5.91 Å². The minimum absolute atomic E-state index is 0.101. The van der Waals surface area contributed by atoms with E-state index in [1.807, 2.05) is 30.3 Å². The molecule has 18 heavy (non-hydrogen) atoms. The van der Waals surface area contributed by atoms with Crippen molar-refractivity contribution in [3.8, 4) is 0 Å². The lowest BCUT2D eigenvalue weighted by Crippen LogP contribution is -2.38. The van der Waals surface area contributed by atoms with Crippen LogP contribution in [0.4, 0.5) is 0 Å². The first-order valence-corrected chi connectivity index (χ1v) is 6.18.